The number of amides is 1. The molecule has 0 aromatic rings. The van der Waals surface area contributed by atoms with Crippen molar-refractivity contribution in [2.45, 2.75) is 65.0 Å². The third kappa shape index (κ3) is 3.32. The number of carbonyl (C=O) groups excluding carboxylic acids is 2. The van der Waals surface area contributed by atoms with Crippen LogP contribution in [0.3, 0.4) is 0 Å². The summed E-state index contributed by atoms with van der Waals surface area (Å²) in [5.74, 6) is -0.184. The highest BCUT2D eigenvalue weighted by Crippen LogP contribution is 2.65. The molecule has 6 nitrogen and oxygen atoms in total. The number of hydrogen-bond acceptors (Lipinski definition) is 5. The van der Waals surface area contributed by atoms with Crippen molar-refractivity contribution in [1.29, 1.82) is 0 Å². The van der Waals surface area contributed by atoms with Crippen molar-refractivity contribution in [3.05, 3.63) is 33.9 Å². The lowest BCUT2D eigenvalue weighted by molar-refractivity contribution is -0.149. The molecular weight excluding hydrogens is 414 g/mol. The second-order valence-corrected chi connectivity index (χ2v) is 10.7. The van der Waals surface area contributed by atoms with Gasteiger partial charge in [-0.3, -0.25) is 9.59 Å². The number of Topliss-reactive ketones (excluding diaryl/α,β-unsaturated/α-hetero) is 1. The van der Waals surface area contributed by atoms with Crippen molar-refractivity contribution in [3.8, 4) is 0 Å². The zero-order valence-corrected chi connectivity index (χ0v) is 19.5. The highest BCUT2D eigenvalue weighted by molar-refractivity contribution is 7.99. The zero-order chi connectivity index (χ0) is 22.7. The van der Waals surface area contributed by atoms with Crippen LogP contribution in [0.15, 0.2) is 33.9 Å². The molecule has 1 aliphatic heterocycles. The van der Waals surface area contributed by atoms with Gasteiger partial charge in [0.1, 0.15) is 11.6 Å². The van der Waals surface area contributed by atoms with Gasteiger partial charge >= 0.3 is 5.97 Å². The monoisotopic (exact) mass is 445 g/mol. The number of allylic oxidation sites excluding steroid dienone is 3. The molecule has 0 aromatic carbocycles. The van der Waals surface area contributed by atoms with E-state index in [1.165, 1.54) is 4.90 Å². The number of fused-ring (bicyclic) bond motifs is 1. The molecule has 4 rings (SSSR count). The minimum Gasteiger partial charge on any atom is -0.480 e. The standard InChI is InChI=1S/C24H31NO5S/c1-13-10-16-19(15(3)24(7-8-24)23(4,30)20(16)26)17(13)12-31-11-14(2)21(27)25-9-5-6-18(25)22(28)29/h10,14,18,30H,5-9,11-12H2,1-4H3,(H,28,29)/t14?,18?,23-/m0/s1. The van der Waals surface area contributed by atoms with Gasteiger partial charge in [0.05, 0.1) is 0 Å². The molecule has 1 heterocycles. The second-order valence-electron chi connectivity index (χ2n) is 9.65. The molecule has 31 heavy (non-hydrogen) atoms. The van der Waals surface area contributed by atoms with Crippen LogP contribution in [0.4, 0.5) is 0 Å². The summed E-state index contributed by atoms with van der Waals surface area (Å²) in [6.45, 7) is 8.07. The third-order valence-corrected chi connectivity index (χ3v) is 8.95. The van der Waals surface area contributed by atoms with Gasteiger partial charge in [-0.15, -0.1) is 0 Å². The lowest BCUT2D eigenvalue weighted by atomic mass is 9.67. The van der Waals surface area contributed by atoms with Gasteiger partial charge in [0.25, 0.3) is 0 Å². The molecular formula is C24H31NO5S. The number of carbonyl (C=O) groups is 3. The normalized spacial score (nSPS) is 30.1. The fourth-order valence-corrected chi connectivity index (χ4v) is 6.77. The topological polar surface area (TPSA) is 94.9 Å². The van der Waals surface area contributed by atoms with Crippen molar-refractivity contribution < 1.29 is 24.6 Å². The number of carboxylic acids is 1. The molecule has 0 bridgehead atoms. The van der Waals surface area contributed by atoms with Gasteiger partial charge in [-0.1, -0.05) is 12.5 Å². The lowest BCUT2D eigenvalue weighted by Gasteiger charge is -2.39. The summed E-state index contributed by atoms with van der Waals surface area (Å²) in [5.41, 5.74) is 3.14. The summed E-state index contributed by atoms with van der Waals surface area (Å²) in [5, 5.41) is 20.3. The van der Waals surface area contributed by atoms with Crippen LogP contribution in [0, 0.1) is 11.3 Å². The maximum Gasteiger partial charge on any atom is 0.326 e. The number of nitrogens with zero attached hydrogens (tertiary/aromatic N) is 1. The Hall–Kier alpha value is -1.86. The number of likely N-dealkylation sites (tertiary alicyclic amines) is 1. The Bertz CT molecular complexity index is 953. The SMILES string of the molecule is CC1=C(CSCC(C)C(=O)N2CCCC2C(=O)O)C2=C(C)C3(CC3)[C@@](C)(O)C(=O)C2=C1. The number of rotatable bonds is 6. The van der Waals surface area contributed by atoms with Gasteiger partial charge < -0.3 is 15.1 Å². The van der Waals surface area contributed by atoms with Crippen LogP contribution in [0.25, 0.3) is 0 Å². The van der Waals surface area contributed by atoms with Gasteiger partial charge in [0.2, 0.25) is 5.91 Å². The Kier molecular flexibility index (Phi) is 5.49. The quantitative estimate of drug-likeness (QED) is 0.652. The molecule has 2 N–H and O–H groups in total. The minimum absolute atomic E-state index is 0.0930. The first-order valence-electron chi connectivity index (χ1n) is 11.0. The van der Waals surface area contributed by atoms with Gasteiger partial charge in [0, 0.05) is 35.0 Å². The number of hydrogen-bond donors (Lipinski definition) is 2. The molecule has 7 heteroatoms. The van der Waals surface area contributed by atoms with Crippen LogP contribution in [-0.4, -0.2) is 62.5 Å². The molecule has 3 atom stereocenters. The van der Waals surface area contributed by atoms with E-state index in [0.29, 0.717) is 30.0 Å². The fourth-order valence-electron chi connectivity index (χ4n) is 5.58. The fraction of sp³-hybridized carbons (Fsp3) is 0.625. The minimum atomic E-state index is -1.34. The third-order valence-electron chi connectivity index (χ3n) is 7.73. The first-order valence-corrected chi connectivity index (χ1v) is 12.2. The molecule has 4 aliphatic rings. The molecule has 1 saturated carbocycles. The smallest absolute Gasteiger partial charge is 0.326 e. The average molecular weight is 446 g/mol. The number of aliphatic carboxylic acids is 1. The lowest BCUT2D eigenvalue weighted by Crippen LogP contribution is -2.49. The predicted octanol–water partition coefficient (Wildman–Crippen LogP) is 3.12. The average Bonchev–Trinajstić information content (AvgIpc) is 3.27. The van der Waals surface area contributed by atoms with E-state index in [0.717, 1.165) is 41.6 Å². The van der Waals surface area contributed by atoms with E-state index in [-0.39, 0.29) is 17.6 Å². The van der Waals surface area contributed by atoms with E-state index in [9.17, 15) is 24.6 Å². The largest absolute Gasteiger partial charge is 0.480 e. The predicted molar refractivity (Wildman–Crippen MR) is 120 cm³/mol. The molecule has 2 unspecified atom stereocenters. The van der Waals surface area contributed by atoms with Crippen molar-refractivity contribution in [1.82, 2.24) is 4.90 Å². The summed E-state index contributed by atoms with van der Waals surface area (Å²) < 4.78 is 0. The first-order chi connectivity index (χ1) is 14.5. The Morgan fingerprint density at radius 2 is 2.00 bits per heavy atom. The Morgan fingerprint density at radius 3 is 2.61 bits per heavy atom. The molecule has 0 radical (unpaired) electrons. The van der Waals surface area contributed by atoms with Crippen molar-refractivity contribution in [2.24, 2.45) is 11.3 Å². The molecule has 1 amide bonds. The van der Waals surface area contributed by atoms with Crippen LogP contribution in [0.1, 0.15) is 53.4 Å². The summed E-state index contributed by atoms with van der Waals surface area (Å²) in [4.78, 5) is 38.7. The van der Waals surface area contributed by atoms with Crippen LogP contribution >= 0.6 is 11.8 Å². The highest BCUT2D eigenvalue weighted by Gasteiger charge is 2.65. The maximum absolute atomic E-state index is 13.0. The number of thioether (sulfide) groups is 1. The van der Waals surface area contributed by atoms with Crippen LogP contribution in [0.5, 0.6) is 0 Å². The van der Waals surface area contributed by atoms with Crippen LogP contribution in [0.2, 0.25) is 0 Å². The van der Waals surface area contributed by atoms with E-state index < -0.39 is 23.0 Å². The number of ketones is 1. The maximum atomic E-state index is 13.0. The Labute approximate surface area is 187 Å². The van der Waals surface area contributed by atoms with Gasteiger partial charge in [-0.2, -0.15) is 11.8 Å². The van der Waals surface area contributed by atoms with E-state index in [1.54, 1.807) is 18.7 Å². The molecule has 168 valence electrons. The van der Waals surface area contributed by atoms with Crippen molar-refractivity contribution >= 4 is 29.4 Å². The number of carboxylic acid groups (broad SMARTS) is 1. The molecule has 1 spiro atoms. The molecule has 0 aromatic heterocycles. The Balaban J connectivity index is 1.44. The first kappa shape index (κ1) is 22.3. The zero-order valence-electron chi connectivity index (χ0n) is 18.7. The number of aliphatic hydroxyl groups is 1. The van der Waals surface area contributed by atoms with Gasteiger partial charge in [0.15, 0.2) is 5.78 Å². The van der Waals surface area contributed by atoms with E-state index in [2.05, 4.69) is 0 Å². The van der Waals surface area contributed by atoms with E-state index in [4.69, 9.17) is 0 Å². The van der Waals surface area contributed by atoms with Crippen molar-refractivity contribution in [2.75, 3.05) is 18.1 Å². The molecule has 3 aliphatic carbocycles. The highest BCUT2D eigenvalue weighted by atomic mass is 32.2. The van der Waals surface area contributed by atoms with E-state index in [1.807, 2.05) is 26.8 Å². The molecule has 1 saturated heterocycles. The van der Waals surface area contributed by atoms with Gasteiger partial charge in [-0.05, 0) is 69.2 Å². The second kappa shape index (κ2) is 7.62. The summed E-state index contributed by atoms with van der Waals surface area (Å²) in [6.07, 6.45) is 4.82. The van der Waals surface area contributed by atoms with Crippen molar-refractivity contribution in [3.63, 3.8) is 0 Å². The summed E-state index contributed by atoms with van der Waals surface area (Å²) in [6, 6.07) is -0.699. The van der Waals surface area contributed by atoms with Crippen LogP contribution in [-0.2, 0) is 14.4 Å². The summed E-state index contributed by atoms with van der Waals surface area (Å²) >= 11 is 1.64. The van der Waals surface area contributed by atoms with Gasteiger partial charge in [-0.25, -0.2) is 4.79 Å². The van der Waals surface area contributed by atoms with E-state index >= 15 is 0 Å². The summed E-state index contributed by atoms with van der Waals surface area (Å²) in [7, 11) is 0. The van der Waals surface area contributed by atoms with Crippen LogP contribution < -0.4 is 0 Å². The Morgan fingerprint density at radius 1 is 1.32 bits per heavy atom. The molecule has 2 fully saturated rings.